The summed E-state index contributed by atoms with van der Waals surface area (Å²) < 4.78 is 12.3. The van der Waals surface area contributed by atoms with Gasteiger partial charge in [0.15, 0.2) is 11.7 Å². The second-order valence-corrected chi connectivity index (χ2v) is 7.93. The fourth-order valence-corrected chi connectivity index (χ4v) is 3.17. The van der Waals surface area contributed by atoms with Gasteiger partial charge in [-0.3, -0.25) is 4.79 Å². The molecule has 1 aliphatic carbocycles. The number of nitrogens with one attached hydrogen (secondary N) is 2. The molecule has 0 aromatic rings. The number of guanidine groups is 1. The second kappa shape index (κ2) is 11.4. The third kappa shape index (κ3) is 7.73. The molecule has 2 fully saturated rings. The van der Waals surface area contributed by atoms with Gasteiger partial charge in [-0.15, -0.1) is 24.0 Å². The number of aliphatic imine (C=N–C) groups is 1. The third-order valence-electron chi connectivity index (χ3n) is 5.31. The average Bonchev–Trinajstić information content (AvgIpc) is 3.02. The van der Waals surface area contributed by atoms with Crippen molar-refractivity contribution in [1.29, 1.82) is 0 Å². The highest BCUT2D eigenvalue weighted by molar-refractivity contribution is 14.0. The summed E-state index contributed by atoms with van der Waals surface area (Å²) in [5.41, 5.74) is 0. The summed E-state index contributed by atoms with van der Waals surface area (Å²) in [4.78, 5) is 17.8. The minimum absolute atomic E-state index is 0. The van der Waals surface area contributed by atoms with Gasteiger partial charge in [0.05, 0.1) is 6.61 Å². The van der Waals surface area contributed by atoms with Gasteiger partial charge in [-0.25, -0.2) is 4.99 Å². The molecule has 0 radical (unpaired) electrons. The number of hydrogen-bond acceptors (Lipinski definition) is 4. The van der Waals surface area contributed by atoms with E-state index in [9.17, 15) is 4.79 Å². The first kappa shape index (κ1) is 24.4. The summed E-state index contributed by atoms with van der Waals surface area (Å²) >= 11 is 0. The number of carbonyl (C=O) groups is 1. The summed E-state index contributed by atoms with van der Waals surface area (Å²) in [5.74, 6) is 1.02. The van der Waals surface area contributed by atoms with Crippen LogP contribution in [0.3, 0.4) is 0 Å². The van der Waals surface area contributed by atoms with Gasteiger partial charge in [0, 0.05) is 39.5 Å². The van der Waals surface area contributed by atoms with E-state index in [-0.39, 0.29) is 54.4 Å². The fourth-order valence-electron chi connectivity index (χ4n) is 3.17. The summed E-state index contributed by atoms with van der Waals surface area (Å²) in [6, 6.07) is 0.280. The Morgan fingerprint density at radius 2 is 2.00 bits per heavy atom. The average molecular weight is 496 g/mol. The Kier molecular flexibility index (Phi) is 10.3. The molecule has 1 spiro atoms. The van der Waals surface area contributed by atoms with Gasteiger partial charge in [-0.05, 0) is 32.1 Å². The molecule has 2 unspecified atom stereocenters. The van der Waals surface area contributed by atoms with Gasteiger partial charge < -0.3 is 25.0 Å². The topological polar surface area (TPSA) is 75.2 Å². The van der Waals surface area contributed by atoms with E-state index in [0.717, 1.165) is 38.0 Å². The molecule has 0 aromatic heterocycles. The maximum atomic E-state index is 11.8. The molecule has 1 heterocycles. The molecule has 2 aliphatic rings. The summed E-state index contributed by atoms with van der Waals surface area (Å²) in [6.45, 7) is 7.85. The van der Waals surface area contributed by atoms with E-state index in [0.29, 0.717) is 19.1 Å². The molecular weight excluding hydrogens is 459 g/mol. The molecule has 1 saturated heterocycles. The number of likely N-dealkylation sites (N-methyl/N-ethyl adjacent to an activating group) is 1. The van der Waals surface area contributed by atoms with E-state index >= 15 is 0 Å². The van der Waals surface area contributed by atoms with Crippen LogP contribution in [0.1, 0.15) is 52.9 Å². The van der Waals surface area contributed by atoms with Crippen LogP contribution >= 0.6 is 24.0 Å². The van der Waals surface area contributed by atoms with E-state index in [1.165, 1.54) is 0 Å². The zero-order chi connectivity index (χ0) is 19.2. The van der Waals surface area contributed by atoms with Crippen molar-refractivity contribution in [2.45, 2.75) is 70.8 Å². The largest absolute Gasteiger partial charge is 0.354 e. The van der Waals surface area contributed by atoms with Gasteiger partial charge in [0.2, 0.25) is 5.91 Å². The maximum Gasteiger partial charge on any atom is 0.243 e. The van der Waals surface area contributed by atoms with Crippen LogP contribution in [0.25, 0.3) is 0 Å². The molecule has 2 atom stereocenters. The number of carbonyl (C=O) groups excluding carboxylic acids is 1. The van der Waals surface area contributed by atoms with Gasteiger partial charge >= 0.3 is 0 Å². The van der Waals surface area contributed by atoms with Crippen LogP contribution in [-0.2, 0) is 14.3 Å². The highest BCUT2D eigenvalue weighted by atomic mass is 127. The molecule has 8 heteroatoms. The number of ether oxygens (including phenoxy) is 2. The number of nitrogens with zero attached hydrogens (tertiary/aromatic N) is 2. The van der Waals surface area contributed by atoms with Crippen molar-refractivity contribution in [2.75, 3.05) is 33.8 Å². The van der Waals surface area contributed by atoms with Crippen LogP contribution < -0.4 is 10.6 Å². The van der Waals surface area contributed by atoms with Crippen LogP contribution in [0.5, 0.6) is 0 Å². The predicted octanol–water partition coefficient (Wildman–Crippen LogP) is 2.35. The van der Waals surface area contributed by atoms with E-state index in [1.54, 1.807) is 19.0 Å². The van der Waals surface area contributed by atoms with Crippen LogP contribution in [0.2, 0.25) is 0 Å². The molecular formula is C19H37IN4O3. The standard InChI is InChI=1S/C19H36N4O3.HI/c1-6-15(3)22-18(21-12-17(24)23(4)5)20-11-16-13-25-19(26-16)9-7-14(2)8-10-19;/h14-16H,6-13H2,1-5H3,(H2,20,21,22);1H. The minimum atomic E-state index is -0.374. The lowest BCUT2D eigenvalue weighted by Gasteiger charge is -2.34. The molecule has 1 saturated carbocycles. The van der Waals surface area contributed by atoms with Crippen LogP contribution in [0.15, 0.2) is 4.99 Å². The Balaban J connectivity index is 0.00000364. The minimum Gasteiger partial charge on any atom is -0.354 e. The summed E-state index contributed by atoms with van der Waals surface area (Å²) in [7, 11) is 3.47. The normalized spacial score (nSPS) is 29.1. The predicted molar refractivity (Wildman–Crippen MR) is 118 cm³/mol. The molecule has 1 aliphatic heterocycles. The maximum absolute atomic E-state index is 11.8. The lowest BCUT2D eigenvalue weighted by Crippen LogP contribution is -2.46. The first-order valence-electron chi connectivity index (χ1n) is 9.90. The summed E-state index contributed by atoms with van der Waals surface area (Å²) in [5, 5.41) is 6.65. The van der Waals surface area contributed by atoms with Crippen molar-refractivity contribution >= 4 is 35.8 Å². The van der Waals surface area contributed by atoms with Crippen molar-refractivity contribution in [2.24, 2.45) is 10.9 Å². The van der Waals surface area contributed by atoms with Crippen molar-refractivity contribution in [1.82, 2.24) is 15.5 Å². The van der Waals surface area contributed by atoms with Crippen LogP contribution in [0, 0.1) is 5.92 Å². The highest BCUT2D eigenvalue weighted by Gasteiger charge is 2.43. The van der Waals surface area contributed by atoms with E-state index < -0.39 is 0 Å². The molecule has 7 nitrogen and oxygen atoms in total. The Morgan fingerprint density at radius 3 is 2.59 bits per heavy atom. The first-order chi connectivity index (χ1) is 12.3. The Morgan fingerprint density at radius 1 is 1.33 bits per heavy atom. The number of hydrogen-bond donors (Lipinski definition) is 2. The van der Waals surface area contributed by atoms with Gasteiger partial charge in [0.1, 0.15) is 12.6 Å². The number of halogens is 1. The zero-order valence-corrected chi connectivity index (χ0v) is 19.7. The zero-order valence-electron chi connectivity index (χ0n) is 17.4. The van der Waals surface area contributed by atoms with Gasteiger partial charge in [-0.1, -0.05) is 13.8 Å². The third-order valence-corrected chi connectivity index (χ3v) is 5.31. The highest BCUT2D eigenvalue weighted by Crippen LogP contribution is 2.39. The monoisotopic (exact) mass is 496 g/mol. The lowest BCUT2D eigenvalue weighted by atomic mass is 9.86. The van der Waals surface area contributed by atoms with E-state index in [4.69, 9.17) is 9.47 Å². The quantitative estimate of drug-likeness (QED) is 0.336. The Hall–Kier alpha value is -0.610. The van der Waals surface area contributed by atoms with Gasteiger partial charge in [0.25, 0.3) is 0 Å². The van der Waals surface area contributed by atoms with Gasteiger partial charge in [-0.2, -0.15) is 0 Å². The van der Waals surface area contributed by atoms with Crippen LogP contribution in [0.4, 0.5) is 0 Å². The Bertz CT molecular complexity index is 493. The smallest absolute Gasteiger partial charge is 0.243 e. The van der Waals surface area contributed by atoms with Crippen molar-refractivity contribution in [3.8, 4) is 0 Å². The number of amides is 1. The molecule has 0 bridgehead atoms. The number of rotatable bonds is 6. The van der Waals surface area contributed by atoms with Crippen molar-refractivity contribution in [3.05, 3.63) is 0 Å². The Labute approximate surface area is 181 Å². The van der Waals surface area contributed by atoms with E-state index in [1.807, 2.05) is 0 Å². The van der Waals surface area contributed by atoms with Crippen molar-refractivity contribution < 1.29 is 14.3 Å². The van der Waals surface area contributed by atoms with Crippen LogP contribution in [-0.4, -0.2) is 68.5 Å². The second-order valence-electron chi connectivity index (χ2n) is 7.93. The molecule has 158 valence electrons. The molecule has 2 rings (SSSR count). The van der Waals surface area contributed by atoms with Crippen molar-refractivity contribution in [3.63, 3.8) is 0 Å². The SMILES string of the molecule is CCC(C)NC(=NCC(=O)N(C)C)NCC1COC2(CCC(C)CC2)O1.I. The molecule has 2 N–H and O–H groups in total. The molecule has 27 heavy (non-hydrogen) atoms. The van der Waals surface area contributed by atoms with E-state index in [2.05, 4.69) is 36.4 Å². The fraction of sp³-hybridized carbons (Fsp3) is 0.895. The summed E-state index contributed by atoms with van der Waals surface area (Å²) in [6.07, 6.45) is 5.27. The first-order valence-corrected chi connectivity index (χ1v) is 9.90. The molecule has 0 aromatic carbocycles. The molecule has 1 amide bonds. The lowest BCUT2D eigenvalue weighted by molar-refractivity contribution is -0.191.